The average Bonchev–Trinajstić information content (AvgIpc) is 3.11. The summed E-state index contributed by atoms with van der Waals surface area (Å²) < 4.78 is 11.1. The lowest BCUT2D eigenvalue weighted by molar-refractivity contribution is -0.114. The molecule has 0 fully saturated rings. The summed E-state index contributed by atoms with van der Waals surface area (Å²) in [5.74, 6) is 0.710. The van der Waals surface area contributed by atoms with E-state index >= 15 is 0 Å². The van der Waals surface area contributed by atoms with E-state index < -0.39 is 0 Å². The van der Waals surface area contributed by atoms with Crippen LogP contribution < -0.4 is 15.4 Å². The topological polar surface area (TPSA) is 80.6 Å². The van der Waals surface area contributed by atoms with Gasteiger partial charge in [0, 0.05) is 18.3 Å². The largest absolute Gasteiger partial charge is 0.486 e. The van der Waals surface area contributed by atoms with Gasteiger partial charge in [-0.15, -0.1) is 0 Å². The molecule has 0 aliphatic heterocycles. The number of nitrogens with one attached hydrogen (secondary N) is 2. The van der Waals surface area contributed by atoms with E-state index in [0.29, 0.717) is 28.4 Å². The van der Waals surface area contributed by atoms with Crippen molar-refractivity contribution in [2.75, 3.05) is 10.6 Å². The fourth-order valence-corrected chi connectivity index (χ4v) is 2.48. The highest BCUT2D eigenvalue weighted by Gasteiger charge is 2.15. The molecular weight excluding hydrogens is 344 g/mol. The Hall–Kier alpha value is -3.54. The number of carbonyl (C=O) groups is 2. The summed E-state index contributed by atoms with van der Waals surface area (Å²) in [5.41, 5.74) is 2.83. The minimum Gasteiger partial charge on any atom is -0.486 e. The highest BCUT2D eigenvalue weighted by molar-refractivity contribution is 6.05. The first-order valence-electron chi connectivity index (χ1n) is 8.46. The predicted octanol–water partition coefficient (Wildman–Crippen LogP) is 4.38. The molecule has 0 unspecified atom stereocenters. The average molecular weight is 364 g/mol. The maximum Gasteiger partial charge on any atom is 0.259 e. The summed E-state index contributed by atoms with van der Waals surface area (Å²) in [6, 6.07) is 16.1. The predicted molar refractivity (Wildman–Crippen MR) is 103 cm³/mol. The van der Waals surface area contributed by atoms with Gasteiger partial charge in [0.05, 0.1) is 11.8 Å². The third-order valence-electron chi connectivity index (χ3n) is 3.84. The molecule has 0 aliphatic rings. The Balaban J connectivity index is 1.63. The van der Waals surface area contributed by atoms with Crippen molar-refractivity contribution in [2.24, 2.45) is 0 Å². The van der Waals surface area contributed by atoms with Crippen LogP contribution in [0.4, 0.5) is 11.4 Å². The van der Waals surface area contributed by atoms with Crippen LogP contribution in [0.2, 0.25) is 0 Å². The molecule has 138 valence electrons. The summed E-state index contributed by atoms with van der Waals surface area (Å²) in [7, 11) is 0. The summed E-state index contributed by atoms with van der Waals surface area (Å²) >= 11 is 0. The molecule has 0 spiro atoms. The quantitative estimate of drug-likeness (QED) is 0.680. The lowest BCUT2D eigenvalue weighted by atomic mass is 10.2. The highest BCUT2D eigenvalue weighted by Crippen LogP contribution is 2.19. The Morgan fingerprint density at radius 1 is 0.926 bits per heavy atom. The molecule has 3 rings (SSSR count). The standard InChI is InChI=1S/C21H20N2O4/c1-14-3-9-18(10-4-14)27-13-20-19(11-12-26-20)21(25)23-17-7-5-16(6-8-17)22-15(2)24/h3-12H,13H2,1-2H3,(H,22,24)(H,23,25). The zero-order valence-electron chi connectivity index (χ0n) is 15.1. The Kier molecular flexibility index (Phi) is 5.56. The molecule has 1 aromatic heterocycles. The zero-order chi connectivity index (χ0) is 19.2. The van der Waals surface area contributed by atoms with Gasteiger partial charge < -0.3 is 19.8 Å². The van der Waals surface area contributed by atoms with Crippen LogP contribution in [0.15, 0.2) is 65.3 Å². The van der Waals surface area contributed by atoms with Gasteiger partial charge in [0.25, 0.3) is 5.91 Å². The molecule has 0 aliphatic carbocycles. The molecule has 0 saturated heterocycles. The van der Waals surface area contributed by atoms with Crippen molar-refractivity contribution in [3.05, 3.63) is 77.7 Å². The smallest absolute Gasteiger partial charge is 0.259 e. The Bertz CT molecular complexity index is 928. The van der Waals surface area contributed by atoms with E-state index in [1.165, 1.54) is 13.2 Å². The van der Waals surface area contributed by atoms with Crippen LogP contribution >= 0.6 is 0 Å². The fourth-order valence-electron chi connectivity index (χ4n) is 2.48. The number of ether oxygens (including phenoxy) is 1. The number of furan rings is 1. The molecule has 27 heavy (non-hydrogen) atoms. The second-order valence-corrected chi connectivity index (χ2v) is 6.07. The van der Waals surface area contributed by atoms with Gasteiger partial charge >= 0.3 is 0 Å². The number of benzene rings is 2. The molecule has 6 heteroatoms. The van der Waals surface area contributed by atoms with Crippen molar-refractivity contribution in [3.63, 3.8) is 0 Å². The van der Waals surface area contributed by atoms with E-state index in [1.807, 2.05) is 31.2 Å². The third-order valence-corrected chi connectivity index (χ3v) is 3.84. The van der Waals surface area contributed by atoms with E-state index in [9.17, 15) is 9.59 Å². The summed E-state index contributed by atoms with van der Waals surface area (Å²) in [6.45, 7) is 3.59. The second kappa shape index (κ2) is 8.23. The molecule has 2 N–H and O–H groups in total. The van der Waals surface area contributed by atoms with E-state index in [0.717, 1.165) is 5.56 Å². The lowest BCUT2D eigenvalue weighted by Gasteiger charge is -2.08. The van der Waals surface area contributed by atoms with Gasteiger partial charge in [0.1, 0.15) is 12.4 Å². The van der Waals surface area contributed by atoms with Gasteiger partial charge in [-0.25, -0.2) is 0 Å². The zero-order valence-corrected chi connectivity index (χ0v) is 15.1. The molecule has 2 amide bonds. The monoisotopic (exact) mass is 364 g/mol. The first-order chi connectivity index (χ1) is 13.0. The molecule has 0 bridgehead atoms. The Morgan fingerprint density at radius 3 is 2.19 bits per heavy atom. The summed E-state index contributed by atoms with van der Waals surface area (Å²) in [5, 5.41) is 5.48. The van der Waals surface area contributed by atoms with Gasteiger partial charge in [-0.1, -0.05) is 17.7 Å². The van der Waals surface area contributed by atoms with E-state index in [4.69, 9.17) is 9.15 Å². The number of anilines is 2. The van der Waals surface area contributed by atoms with Crippen molar-refractivity contribution < 1.29 is 18.7 Å². The number of amides is 2. The normalized spacial score (nSPS) is 10.3. The van der Waals surface area contributed by atoms with Gasteiger partial charge in [0.2, 0.25) is 5.91 Å². The first kappa shape index (κ1) is 18.3. The number of aryl methyl sites for hydroxylation is 1. The lowest BCUT2D eigenvalue weighted by Crippen LogP contribution is -2.14. The molecule has 0 radical (unpaired) electrons. The number of hydrogen-bond donors (Lipinski definition) is 2. The van der Waals surface area contributed by atoms with Crippen LogP contribution in [-0.2, 0) is 11.4 Å². The number of rotatable bonds is 6. The van der Waals surface area contributed by atoms with Crippen LogP contribution in [0.25, 0.3) is 0 Å². The first-order valence-corrected chi connectivity index (χ1v) is 8.46. The van der Waals surface area contributed by atoms with Gasteiger partial charge in [0.15, 0.2) is 5.76 Å². The summed E-state index contributed by atoms with van der Waals surface area (Å²) in [6.07, 6.45) is 1.46. The highest BCUT2D eigenvalue weighted by atomic mass is 16.5. The maximum absolute atomic E-state index is 12.5. The van der Waals surface area contributed by atoms with Crippen LogP contribution in [0.5, 0.6) is 5.75 Å². The maximum atomic E-state index is 12.5. The van der Waals surface area contributed by atoms with Crippen molar-refractivity contribution >= 4 is 23.2 Å². The van der Waals surface area contributed by atoms with Gasteiger partial charge in [-0.05, 0) is 49.4 Å². The number of carbonyl (C=O) groups excluding carboxylic acids is 2. The van der Waals surface area contributed by atoms with Crippen LogP contribution in [-0.4, -0.2) is 11.8 Å². The SMILES string of the molecule is CC(=O)Nc1ccc(NC(=O)c2ccoc2COc2ccc(C)cc2)cc1. The van der Waals surface area contributed by atoms with Crippen LogP contribution in [0.3, 0.4) is 0 Å². The third kappa shape index (κ3) is 4.98. The molecule has 0 saturated carbocycles. The minimum absolute atomic E-state index is 0.150. The molecule has 0 atom stereocenters. The van der Waals surface area contributed by atoms with Crippen molar-refractivity contribution in [2.45, 2.75) is 20.5 Å². The Labute approximate surface area is 157 Å². The molecule has 3 aromatic rings. The second-order valence-electron chi connectivity index (χ2n) is 6.07. The van der Waals surface area contributed by atoms with E-state index in [1.54, 1.807) is 30.3 Å². The molecular formula is C21H20N2O4. The van der Waals surface area contributed by atoms with Crippen molar-refractivity contribution in [3.8, 4) is 5.75 Å². The minimum atomic E-state index is -0.293. The van der Waals surface area contributed by atoms with Gasteiger partial charge in [-0.3, -0.25) is 9.59 Å². The Morgan fingerprint density at radius 2 is 1.56 bits per heavy atom. The molecule has 6 nitrogen and oxygen atoms in total. The number of hydrogen-bond acceptors (Lipinski definition) is 4. The van der Waals surface area contributed by atoms with Crippen LogP contribution in [0.1, 0.15) is 28.6 Å². The van der Waals surface area contributed by atoms with Crippen molar-refractivity contribution in [1.29, 1.82) is 0 Å². The summed E-state index contributed by atoms with van der Waals surface area (Å²) in [4.78, 5) is 23.6. The fraction of sp³-hybridized carbons (Fsp3) is 0.143. The van der Waals surface area contributed by atoms with Gasteiger partial charge in [-0.2, -0.15) is 0 Å². The van der Waals surface area contributed by atoms with Crippen molar-refractivity contribution in [1.82, 2.24) is 0 Å². The van der Waals surface area contributed by atoms with E-state index in [2.05, 4.69) is 10.6 Å². The van der Waals surface area contributed by atoms with Crippen LogP contribution in [0, 0.1) is 6.92 Å². The molecule has 2 aromatic carbocycles. The van der Waals surface area contributed by atoms with E-state index in [-0.39, 0.29) is 18.4 Å². The molecule has 1 heterocycles.